The van der Waals surface area contributed by atoms with Gasteiger partial charge in [-0.2, -0.15) is 0 Å². The van der Waals surface area contributed by atoms with Crippen LogP contribution in [0, 0.1) is 46.3 Å². The van der Waals surface area contributed by atoms with Crippen LogP contribution in [0.15, 0.2) is 58.9 Å². The Bertz CT molecular complexity index is 1450. The standard InChI is InChI=1S/C44H62Si2/c1-43(2)33-19-17-31(39(43)25-33)27-45(5,6)41-23-29-13-9-11-15-35(29)37(41)21-22-38-36-16-12-10-14-30(36)24-42(38)46(7,8)28-32-18-20-34-26-40(32)44(34,3)4/h9-16,23-24,31-34,37-40H,17-22,25-28H2,1-8H3/t31-,32-,33+,34+,37+,38+,39+,40+/m0/s1. The third kappa shape index (κ3) is 4.92. The lowest BCUT2D eigenvalue weighted by atomic mass is 9.46. The minimum absolute atomic E-state index is 0.586. The van der Waals surface area contributed by atoms with Gasteiger partial charge in [0.1, 0.15) is 0 Å². The number of fused-ring (bicyclic) bond motifs is 6. The number of hydrogen-bond acceptors (Lipinski definition) is 0. The predicted octanol–water partition coefficient (Wildman–Crippen LogP) is 12.8. The van der Waals surface area contributed by atoms with Gasteiger partial charge in [-0.25, -0.2) is 0 Å². The maximum atomic E-state index is 2.75. The molecule has 6 fully saturated rings. The molecule has 0 aliphatic heterocycles. The largest absolute Gasteiger partial charge is 0.0765 e. The van der Waals surface area contributed by atoms with Crippen molar-refractivity contribution in [3.05, 3.63) is 81.2 Å². The molecule has 0 aromatic heterocycles. The van der Waals surface area contributed by atoms with Crippen molar-refractivity contribution in [2.45, 2.75) is 129 Å². The van der Waals surface area contributed by atoms with Crippen molar-refractivity contribution in [3.8, 4) is 0 Å². The summed E-state index contributed by atoms with van der Waals surface area (Å²) in [5.74, 6) is 7.08. The van der Waals surface area contributed by atoms with Gasteiger partial charge in [0.05, 0.1) is 16.1 Å². The molecule has 10 rings (SSSR count). The molecule has 6 saturated carbocycles. The van der Waals surface area contributed by atoms with E-state index in [4.69, 9.17) is 0 Å². The fraction of sp³-hybridized carbons (Fsp3) is 0.636. The highest BCUT2D eigenvalue weighted by Gasteiger charge is 2.56. The highest BCUT2D eigenvalue weighted by atomic mass is 28.3. The van der Waals surface area contributed by atoms with Crippen LogP contribution >= 0.6 is 0 Å². The van der Waals surface area contributed by atoms with Gasteiger partial charge in [-0.05, 0) is 107 Å². The van der Waals surface area contributed by atoms with E-state index in [-0.39, 0.29) is 0 Å². The minimum atomic E-state index is -1.59. The molecule has 46 heavy (non-hydrogen) atoms. The van der Waals surface area contributed by atoms with Crippen molar-refractivity contribution in [2.75, 3.05) is 0 Å². The monoisotopic (exact) mass is 646 g/mol. The van der Waals surface area contributed by atoms with Crippen molar-refractivity contribution in [1.82, 2.24) is 0 Å². The van der Waals surface area contributed by atoms with Crippen LogP contribution in [0.25, 0.3) is 12.2 Å². The average Bonchev–Trinajstić information content (AvgIpc) is 3.59. The van der Waals surface area contributed by atoms with E-state index < -0.39 is 16.1 Å². The van der Waals surface area contributed by atoms with E-state index in [1.54, 1.807) is 11.1 Å². The third-order valence-electron chi connectivity index (χ3n) is 16.0. The number of rotatable bonds is 9. The van der Waals surface area contributed by atoms with Crippen molar-refractivity contribution >= 4 is 28.3 Å². The molecule has 0 radical (unpaired) electrons. The Hall–Kier alpha value is -1.65. The van der Waals surface area contributed by atoms with Crippen molar-refractivity contribution < 1.29 is 0 Å². The number of benzene rings is 2. The normalized spacial score (nSPS) is 35.0. The van der Waals surface area contributed by atoms with E-state index in [1.807, 2.05) is 10.4 Å². The van der Waals surface area contributed by atoms with Gasteiger partial charge in [0.15, 0.2) is 0 Å². The first-order chi connectivity index (χ1) is 21.8. The molecule has 0 spiro atoms. The summed E-state index contributed by atoms with van der Waals surface area (Å²) < 4.78 is 0. The molecule has 0 nitrogen and oxygen atoms in total. The van der Waals surface area contributed by atoms with E-state index in [0.29, 0.717) is 22.7 Å². The van der Waals surface area contributed by atoms with Gasteiger partial charge in [-0.3, -0.25) is 0 Å². The van der Waals surface area contributed by atoms with Crippen LogP contribution in [-0.4, -0.2) is 16.1 Å². The zero-order valence-corrected chi connectivity index (χ0v) is 32.5. The summed E-state index contributed by atoms with van der Waals surface area (Å²) in [7, 11) is -3.18. The molecule has 4 bridgehead atoms. The summed E-state index contributed by atoms with van der Waals surface area (Å²) >= 11 is 0. The lowest BCUT2D eigenvalue weighted by Crippen LogP contribution is -2.54. The smallest absolute Gasteiger partial charge is 0.0729 e. The molecule has 246 valence electrons. The van der Waals surface area contributed by atoms with E-state index in [9.17, 15) is 0 Å². The Balaban J connectivity index is 1.04. The maximum Gasteiger partial charge on any atom is 0.0765 e. The number of hydrogen-bond donors (Lipinski definition) is 0. The molecule has 2 heteroatoms. The van der Waals surface area contributed by atoms with E-state index >= 15 is 0 Å². The fourth-order valence-electron chi connectivity index (χ4n) is 13.0. The Labute approximate surface area is 284 Å². The van der Waals surface area contributed by atoms with Gasteiger partial charge < -0.3 is 0 Å². The first kappa shape index (κ1) is 31.6. The van der Waals surface area contributed by atoms with Crippen LogP contribution < -0.4 is 0 Å². The van der Waals surface area contributed by atoms with Crippen molar-refractivity contribution in [2.24, 2.45) is 46.3 Å². The summed E-state index contributed by atoms with van der Waals surface area (Å²) in [6, 6.07) is 22.0. The average molecular weight is 647 g/mol. The van der Waals surface area contributed by atoms with Gasteiger partial charge in [-0.15, -0.1) is 0 Å². The highest BCUT2D eigenvalue weighted by Crippen LogP contribution is 2.64. The minimum Gasteiger partial charge on any atom is -0.0729 e. The molecule has 0 saturated heterocycles. The van der Waals surface area contributed by atoms with Crippen LogP contribution in [0.1, 0.15) is 113 Å². The van der Waals surface area contributed by atoms with Crippen molar-refractivity contribution in [3.63, 3.8) is 0 Å². The van der Waals surface area contributed by atoms with E-state index in [1.165, 1.54) is 74.6 Å². The second kappa shape index (κ2) is 10.9. The highest BCUT2D eigenvalue weighted by molar-refractivity contribution is 6.85. The van der Waals surface area contributed by atoms with Crippen molar-refractivity contribution in [1.29, 1.82) is 0 Å². The zero-order valence-electron chi connectivity index (χ0n) is 30.5. The van der Waals surface area contributed by atoms with Gasteiger partial charge >= 0.3 is 0 Å². The summed E-state index contributed by atoms with van der Waals surface area (Å²) in [5.41, 5.74) is 7.52. The second-order valence-corrected chi connectivity index (χ2v) is 29.2. The molecule has 0 heterocycles. The molecule has 0 amide bonds. The lowest BCUT2D eigenvalue weighted by Gasteiger charge is -2.61. The van der Waals surface area contributed by atoms with Crippen LogP contribution in [0.2, 0.25) is 38.3 Å². The molecule has 8 aliphatic rings. The Kier molecular flexibility index (Phi) is 7.51. The van der Waals surface area contributed by atoms with Crippen LogP contribution in [0.5, 0.6) is 0 Å². The van der Waals surface area contributed by atoms with Gasteiger partial charge in [0.25, 0.3) is 0 Å². The van der Waals surface area contributed by atoms with Crippen LogP contribution in [0.4, 0.5) is 0 Å². The molecular formula is C44H62Si2. The summed E-state index contributed by atoms with van der Waals surface area (Å²) in [5, 5.41) is 3.76. The van der Waals surface area contributed by atoms with Gasteiger partial charge in [0.2, 0.25) is 0 Å². The lowest BCUT2D eigenvalue weighted by molar-refractivity contribution is -0.0991. The Morgan fingerprint density at radius 1 is 0.565 bits per heavy atom. The summed E-state index contributed by atoms with van der Waals surface area (Å²) in [6.45, 7) is 21.4. The zero-order chi connectivity index (χ0) is 32.2. The van der Waals surface area contributed by atoms with E-state index in [2.05, 4.69) is 115 Å². The molecular weight excluding hydrogens is 585 g/mol. The molecule has 8 atom stereocenters. The molecule has 0 unspecified atom stereocenters. The quantitative estimate of drug-likeness (QED) is 0.238. The Morgan fingerprint density at radius 2 is 0.957 bits per heavy atom. The van der Waals surface area contributed by atoms with Crippen LogP contribution in [-0.2, 0) is 0 Å². The topological polar surface area (TPSA) is 0 Å². The maximum absolute atomic E-state index is 2.75. The van der Waals surface area contributed by atoms with Crippen LogP contribution in [0.3, 0.4) is 0 Å². The second-order valence-electron chi connectivity index (χ2n) is 19.7. The first-order valence-electron chi connectivity index (χ1n) is 19.4. The molecule has 2 aromatic rings. The predicted molar refractivity (Wildman–Crippen MR) is 204 cm³/mol. The molecule has 8 aliphatic carbocycles. The number of allylic oxidation sites excluding steroid dienone is 2. The first-order valence-corrected chi connectivity index (χ1v) is 25.8. The van der Waals surface area contributed by atoms with Gasteiger partial charge in [-0.1, -0.05) is 150 Å². The Morgan fingerprint density at radius 3 is 1.33 bits per heavy atom. The van der Waals surface area contributed by atoms with Gasteiger partial charge in [0, 0.05) is 11.8 Å². The third-order valence-corrected chi connectivity index (χ3v) is 23.2. The van der Waals surface area contributed by atoms with E-state index in [0.717, 1.165) is 35.5 Å². The molecule has 0 N–H and O–H groups in total. The summed E-state index contributed by atoms with van der Waals surface area (Å²) in [6.07, 6.45) is 17.0. The fourth-order valence-corrected chi connectivity index (χ4v) is 20.7. The summed E-state index contributed by atoms with van der Waals surface area (Å²) in [4.78, 5) is 0. The molecule has 2 aromatic carbocycles. The SMILES string of the molecule is CC1(C)[C@@H]2CC[C@@H](C[Si](C)(C)C3=Cc4ccccc4[C@H]3CC[C@H]3C([Si](C)(C)C[C@@H]4CC[C@@H]5C[C@H]4C5(C)C)=Cc4ccccc43)[C@H]1C2.